The van der Waals surface area contributed by atoms with E-state index in [4.69, 9.17) is 9.47 Å². The Hall–Kier alpha value is -3.89. The van der Waals surface area contributed by atoms with E-state index in [9.17, 15) is 29.1 Å². The number of carbonyl (C=O) groups is 5. The number of methoxy groups -OCH3 is 1. The van der Waals surface area contributed by atoms with Crippen molar-refractivity contribution in [3.8, 4) is 0 Å². The molecule has 0 radical (unpaired) electrons. The zero-order valence-electron chi connectivity index (χ0n) is 26.5. The lowest BCUT2D eigenvalue weighted by Crippen LogP contribution is -2.43. The number of hydrogen-bond acceptors (Lipinski definition) is 8. The Morgan fingerprint density at radius 3 is 2.48 bits per heavy atom. The molecule has 2 amide bonds. The summed E-state index contributed by atoms with van der Waals surface area (Å²) in [6, 6.07) is -0.862. The van der Waals surface area contributed by atoms with Gasteiger partial charge in [0, 0.05) is 37.5 Å². The van der Waals surface area contributed by atoms with Gasteiger partial charge in [0.1, 0.15) is 12.1 Å². The summed E-state index contributed by atoms with van der Waals surface area (Å²) in [6.07, 6.45) is 13.5. The maximum Gasteiger partial charge on any atom is 0.328 e. The molecule has 0 spiro atoms. The second-order valence-electron chi connectivity index (χ2n) is 11.6. The SMILES string of the molecule is CO[C@H]1C=C/C=C\C=C/C[C@H](OC(=O)[C@@H](C)NC(=O)CC(C)C)[C@H](C)[C@@H](O)/C(C)=C\CCC2=CC(=O)C=C(NC(=O)C1)C2=O. The van der Waals surface area contributed by atoms with Crippen molar-refractivity contribution in [3.63, 3.8) is 0 Å². The number of amides is 2. The average Bonchev–Trinajstić information content (AvgIpc) is 2.95. The summed E-state index contributed by atoms with van der Waals surface area (Å²) in [7, 11) is 1.46. The van der Waals surface area contributed by atoms with E-state index >= 15 is 0 Å². The number of esters is 1. The normalized spacial score (nSPS) is 27.5. The number of Topliss-reactive ketones (excluding diaryl/α,β-unsaturated/α-hetero) is 1. The van der Waals surface area contributed by atoms with Crippen molar-refractivity contribution in [1.29, 1.82) is 0 Å². The minimum absolute atomic E-state index is 0.0599. The second-order valence-corrected chi connectivity index (χ2v) is 11.6. The largest absolute Gasteiger partial charge is 0.460 e. The van der Waals surface area contributed by atoms with Crippen LogP contribution in [0.2, 0.25) is 0 Å². The van der Waals surface area contributed by atoms with Crippen molar-refractivity contribution in [2.75, 3.05) is 7.11 Å². The van der Waals surface area contributed by atoms with Gasteiger partial charge in [0.05, 0.1) is 24.3 Å². The number of nitrogens with one attached hydrogen (secondary N) is 2. The predicted octanol–water partition coefficient (Wildman–Crippen LogP) is 3.73. The van der Waals surface area contributed by atoms with Crippen LogP contribution in [0.4, 0.5) is 0 Å². The molecule has 1 aliphatic carbocycles. The lowest BCUT2D eigenvalue weighted by atomic mass is 9.90. The van der Waals surface area contributed by atoms with Crippen LogP contribution in [-0.2, 0) is 33.4 Å². The van der Waals surface area contributed by atoms with Gasteiger partial charge in [0.25, 0.3) is 0 Å². The van der Waals surface area contributed by atoms with E-state index in [-0.39, 0.29) is 42.4 Å². The van der Waals surface area contributed by atoms with Crippen LogP contribution in [0, 0.1) is 11.8 Å². The minimum Gasteiger partial charge on any atom is -0.460 e. The number of ether oxygens (including phenoxy) is 2. The van der Waals surface area contributed by atoms with Gasteiger partial charge < -0.3 is 25.2 Å². The Morgan fingerprint density at radius 2 is 1.80 bits per heavy atom. The van der Waals surface area contributed by atoms with Crippen molar-refractivity contribution in [2.24, 2.45) is 11.8 Å². The van der Waals surface area contributed by atoms with Crippen LogP contribution in [0.25, 0.3) is 0 Å². The van der Waals surface area contributed by atoms with Gasteiger partial charge in [0.15, 0.2) is 5.78 Å². The van der Waals surface area contributed by atoms with E-state index in [1.807, 2.05) is 19.9 Å². The monoisotopic (exact) mass is 610 g/mol. The number of aliphatic hydroxyl groups excluding tert-OH is 1. The van der Waals surface area contributed by atoms with E-state index in [1.165, 1.54) is 13.2 Å². The molecule has 0 unspecified atom stereocenters. The Kier molecular flexibility index (Phi) is 14.9. The zero-order valence-corrected chi connectivity index (χ0v) is 26.5. The number of carbonyl (C=O) groups excluding carboxylic acids is 5. The van der Waals surface area contributed by atoms with Crippen molar-refractivity contribution >= 4 is 29.4 Å². The standard InChI is InChI=1S/C34H46N2O8/c1-21(2)17-30(38)35-24(5)34(42)44-29-16-11-9-7-8-10-15-27(43-6)20-31(39)36-28-19-26(37)18-25(33(28)41)14-12-13-22(3)32(40)23(29)4/h7-11,13,15,18-19,21,23-24,27,29,32,40H,12,14,16-17,20H2,1-6H3,(H,35,38)(H,36,39)/b8-7-,11-9-,15-10?,22-13-/t23-,24+,27-,29-,32-/m0/s1. The predicted molar refractivity (Wildman–Crippen MR) is 167 cm³/mol. The molecule has 0 aromatic heterocycles. The molecule has 0 fully saturated rings. The van der Waals surface area contributed by atoms with Gasteiger partial charge in [-0.1, -0.05) is 63.3 Å². The fourth-order valence-corrected chi connectivity index (χ4v) is 4.71. The van der Waals surface area contributed by atoms with Crippen molar-refractivity contribution in [1.82, 2.24) is 10.6 Å². The van der Waals surface area contributed by atoms with Crippen LogP contribution in [0.3, 0.4) is 0 Å². The van der Waals surface area contributed by atoms with Gasteiger partial charge in [-0.05, 0) is 44.3 Å². The molecule has 2 aliphatic rings. The highest BCUT2D eigenvalue weighted by molar-refractivity contribution is 6.21. The van der Waals surface area contributed by atoms with Crippen LogP contribution in [0.1, 0.15) is 66.7 Å². The minimum atomic E-state index is -0.974. The topological polar surface area (TPSA) is 148 Å². The summed E-state index contributed by atoms with van der Waals surface area (Å²) in [4.78, 5) is 63.0. The highest BCUT2D eigenvalue weighted by atomic mass is 16.5. The number of hydrogen-bond donors (Lipinski definition) is 3. The smallest absolute Gasteiger partial charge is 0.328 e. The third-order valence-electron chi connectivity index (χ3n) is 7.29. The first-order valence-electron chi connectivity index (χ1n) is 15.0. The average molecular weight is 611 g/mol. The van der Waals surface area contributed by atoms with Crippen LogP contribution in [-0.4, -0.2) is 65.9 Å². The molecule has 1 heterocycles. The van der Waals surface area contributed by atoms with E-state index in [2.05, 4.69) is 10.6 Å². The molecular formula is C34H46N2O8. The summed E-state index contributed by atoms with van der Waals surface area (Å²) >= 11 is 0. The molecule has 0 saturated heterocycles. The number of fused-ring (bicyclic) bond motifs is 2. The number of ketones is 2. The zero-order chi connectivity index (χ0) is 32.8. The third kappa shape index (κ3) is 12.0. The lowest BCUT2D eigenvalue weighted by Gasteiger charge is -2.29. The molecule has 0 aromatic rings. The fourth-order valence-electron chi connectivity index (χ4n) is 4.71. The Labute approximate surface area is 260 Å². The van der Waals surface area contributed by atoms with Crippen LogP contribution >= 0.6 is 0 Å². The van der Waals surface area contributed by atoms with E-state index in [0.29, 0.717) is 18.4 Å². The fraction of sp³-hybridized carbons (Fsp3) is 0.500. The highest BCUT2D eigenvalue weighted by Gasteiger charge is 2.30. The van der Waals surface area contributed by atoms with Gasteiger partial charge >= 0.3 is 5.97 Å². The molecule has 10 nitrogen and oxygen atoms in total. The van der Waals surface area contributed by atoms with E-state index in [1.54, 1.807) is 57.2 Å². The molecule has 2 bridgehead atoms. The lowest BCUT2D eigenvalue weighted by molar-refractivity contribution is -0.156. The molecule has 0 aromatic carbocycles. The first-order valence-corrected chi connectivity index (χ1v) is 15.0. The summed E-state index contributed by atoms with van der Waals surface area (Å²) in [5.41, 5.74) is 0.784. The molecule has 3 N–H and O–H groups in total. The third-order valence-corrected chi connectivity index (χ3v) is 7.29. The molecular weight excluding hydrogens is 564 g/mol. The highest BCUT2D eigenvalue weighted by Crippen LogP contribution is 2.24. The van der Waals surface area contributed by atoms with Gasteiger partial charge in [-0.15, -0.1) is 0 Å². The van der Waals surface area contributed by atoms with E-state index in [0.717, 1.165) is 6.08 Å². The number of rotatable bonds is 6. The first-order chi connectivity index (χ1) is 20.8. The molecule has 240 valence electrons. The second kappa shape index (κ2) is 18.0. The Bertz CT molecular complexity index is 1250. The van der Waals surface area contributed by atoms with Gasteiger partial charge in [-0.25, -0.2) is 4.79 Å². The summed E-state index contributed by atoms with van der Waals surface area (Å²) < 4.78 is 11.2. The van der Waals surface area contributed by atoms with Gasteiger partial charge in [-0.3, -0.25) is 19.2 Å². The molecule has 44 heavy (non-hydrogen) atoms. The number of aliphatic hydroxyl groups is 1. The summed E-state index contributed by atoms with van der Waals surface area (Å²) in [5.74, 6) is -2.52. The summed E-state index contributed by atoms with van der Waals surface area (Å²) in [6.45, 7) is 8.91. The van der Waals surface area contributed by atoms with Crippen molar-refractivity contribution < 1.29 is 38.6 Å². The van der Waals surface area contributed by atoms with Gasteiger partial charge in [-0.2, -0.15) is 0 Å². The Morgan fingerprint density at radius 1 is 1.09 bits per heavy atom. The molecule has 1 aliphatic heterocycles. The quantitative estimate of drug-likeness (QED) is 0.234. The molecule has 2 rings (SSSR count). The van der Waals surface area contributed by atoms with Crippen molar-refractivity contribution in [2.45, 2.75) is 91.1 Å². The maximum atomic E-state index is 13.0. The van der Waals surface area contributed by atoms with Crippen LogP contribution in [0.15, 0.2) is 71.5 Å². The van der Waals surface area contributed by atoms with E-state index < -0.39 is 53.7 Å². The number of allylic oxidation sites excluding steroid dienone is 8. The van der Waals surface area contributed by atoms with Crippen LogP contribution in [0.5, 0.6) is 0 Å². The van der Waals surface area contributed by atoms with Crippen LogP contribution < -0.4 is 10.6 Å². The molecule has 0 saturated carbocycles. The Balaban J connectivity index is 2.31. The summed E-state index contributed by atoms with van der Waals surface area (Å²) in [5, 5.41) is 16.4. The van der Waals surface area contributed by atoms with Gasteiger partial charge in [0.2, 0.25) is 17.6 Å². The first kappa shape index (κ1) is 36.3. The molecule has 10 heteroatoms. The maximum absolute atomic E-state index is 13.0. The molecule has 5 atom stereocenters. The van der Waals surface area contributed by atoms with Crippen molar-refractivity contribution in [3.05, 3.63) is 71.5 Å².